The number of benzene rings is 2. The molecule has 18 heavy (non-hydrogen) atoms. The molecule has 0 unspecified atom stereocenters. The highest BCUT2D eigenvalue weighted by Gasteiger charge is 2.07. The van der Waals surface area contributed by atoms with Crippen molar-refractivity contribution in [3.63, 3.8) is 0 Å². The minimum absolute atomic E-state index is 0.567. The van der Waals surface area contributed by atoms with Crippen molar-refractivity contribution >= 4 is 0 Å². The molecule has 0 bridgehead atoms. The maximum Gasteiger partial charge on any atom is 0.148 e. The second kappa shape index (κ2) is 5.37. The highest BCUT2D eigenvalue weighted by atomic mass is 16.5. The van der Waals surface area contributed by atoms with Crippen LogP contribution in [0.1, 0.15) is 23.6 Å². The van der Waals surface area contributed by atoms with E-state index in [-0.39, 0.29) is 0 Å². The zero-order valence-corrected chi connectivity index (χ0v) is 10.6. The molecule has 0 radical (unpaired) electrons. The Morgan fingerprint density at radius 1 is 1.17 bits per heavy atom. The monoisotopic (exact) mass is 237 g/mol. The number of ether oxygens (including phenoxy) is 1. The fraction of sp³-hybridized carbons (Fsp3) is 0.188. The first-order chi connectivity index (χ1) is 8.74. The minimum atomic E-state index is 0.567. The van der Waals surface area contributed by atoms with Crippen LogP contribution < -0.4 is 4.74 Å². The molecular formula is C16H15NO. The van der Waals surface area contributed by atoms with Gasteiger partial charge in [0.05, 0.1) is 5.56 Å². The van der Waals surface area contributed by atoms with Crippen LogP contribution >= 0.6 is 0 Å². The second-order valence-electron chi connectivity index (χ2n) is 4.17. The van der Waals surface area contributed by atoms with E-state index in [1.807, 2.05) is 37.3 Å². The Labute approximate surface area is 107 Å². The lowest BCUT2D eigenvalue weighted by molar-refractivity contribution is 0.476. The Morgan fingerprint density at radius 2 is 1.94 bits per heavy atom. The molecule has 0 aliphatic heterocycles. The summed E-state index contributed by atoms with van der Waals surface area (Å²) in [4.78, 5) is 0. The molecule has 0 saturated heterocycles. The van der Waals surface area contributed by atoms with Crippen LogP contribution in [-0.2, 0) is 6.42 Å². The normalized spacial score (nSPS) is 9.83. The average molecular weight is 237 g/mol. The van der Waals surface area contributed by atoms with Gasteiger partial charge in [-0.2, -0.15) is 5.26 Å². The molecule has 2 heteroatoms. The average Bonchev–Trinajstić information content (AvgIpc) is 2.41. The summed E-state index contributed by atoms with van der Waals surface area (Å²) in [5.74, 6) is 1.42. The number of hydrogen-bond donors (Lipinski definition) is 0. The van der Waals surface area contributed by atoms with E-state index >= 15 is 0 Å². The molecule has 0 atom stereocenters. The fourth-order valence-electron chi connectivity index (χ4n) is 1.82. The van der Waals surface area contributed by atoms with Gasteiger partial charge >= 0.3 is 0 Å². The van der Waals surface area contributed by atoms with Crippen LogP contribution in [0.3, 0.4) is 0 Å². The molecule has 0 N–H and O–H groups in total. The van der Waals surface area contributed by atoms with Gasteiger partial charge in [-0.1, -0.05) is 31.2 Å². The molecule has 90 valence electrons. The maximum absolute atomic E-state index is 9.09. The maximum atomic E-state index is 9.09. The van der Waals surface area contributed by atoms with Gasteiger partial charge in [-0.05, 0) is 42.7 Å². The SMILES string of the molecule is CCc1cccc(Oc2c(C)cccc2C#N)c1. The highest BCUT2D eigenvalue weighted by Crippen LogP contribution is 2.29. The molecule has 2 rings (SSSR count). The van der Waals surface area contributed by atoms with Crippen molar-refractivity contribution in [3.05, 3.63) is 59.2 Å². The molecule has 0 fully saturated rings. The number of para-hydroxylation sites is 1. The predicted octanol–water partition coefficient (Wildman–Crippen LogP) is 4.22. The molecule has 2 aromatic rings. The van der Waals surface area contributed by atoms with E-state index in [1.54, 1.807) is 6.07 Å². The molecule has 0 saturated carbocycles. The van der Waals surface area contributed by atoms with Crippen molar-refractivity contribution in [1.29, 1.82) is 5.26 Å². The first-order valence-corrected chi connectivity index (χ1v) is 6.01. The van der Waals surface area contributed by atoms with E-state index in [1.165, 1.54) is 5.56 Å². The van der Waals surface area contributed by atoms with Gasteiger partial charge in [0.15, 0.2) is 0 Å². The van der Waals surface area contributed by atoms with Gasteiger partial charge in [0.2, 0.25) is 0 Å². The Morgan fingerprint density at radius 3 is 2.67 bits per heavy atom. The Bertz CT molecular complexity index is 596. The number of nitriles is 1. The highest BCUT2D eigenvalue weighted by molar-refractivity contribution is 5.50. The van der Waals surface area contributed by atoms with Crippen LogP contribution in [0.4, 0.5) is 0 Å². The predicted molar refractivity (Wildman–Crippen MR) is 71.8 cm³/mol. The molecule has 2 nitrogen and oxygen atoms in total. The smallest absolute Gasteiger partial charge is 0.148 e. The van der Waals surface area contributed by atoms with E-state index in [0.29, 0.717) is 11.3 Å². The summed E-state index contributed by atoms with van der Waals surface area (Å²) < 4.78 is 5.85. The lowest BCUT2D eigenvalue weighted by Gasteiger charge is -2.10. The van der Waals surface area contributed by atoms with Gasteiger partial charge in [-0.3, -0.25) is 0 Å². The van der Waals surface area contributed by atoms with Gasteiger partial charge in [0.1, 0.15) is 17.6 Å². The van der Waals surface area contributed by atoms with Crippen LogP contribution in [0.2, 0.25) is 0 Å². The summed E-state index contributed by atoms with van der Waals surface area (Å²) >= 11 is 0. The topological polar surface area (TPSA) is 33.0 Å². The molecule has 0 amide bonds. The fourth-order valence-corrected chi connectivity index (χ4v) is 1.82. The van der Waals surface area contributed by atoms with E-state index in [4.69, 9.17) is 10.00 Å². The third kappa shape index (κ3) is 2.52. The summed E-state index contributed by atoms with van der Waals surface area (Å²) in [6.07, 6.45) is 0.968. The summed E-state index contributed by atoms with van der Waals surface area (Å²) in [6.45, 7) is 4.05. The Kier molecular flexibility index (Phi) is 3.64. The number of rotatable bonds is 3. The number of nitrogens with zero attached hydrogens (tertiary/aromatic N) is 1. The Balaban J connectivity index is 2.37. The summed E-state index contributed by atoms with van der Waals surface area (Å²) in [6, 6.07) is 15.7. The lowest BCUT2D eigenvalue weighted by Crippen LogP contribution is -1.92. The standard InChI is InChI=1S/C16H15NO/c1-3-13-7-5-9-15(10-13)18-16-12(2)6-4-8-14(16)11-17/h4-10H,3H2,1-2H3. The molecule has 0 heterocycles. The number of aryl methyl sites for hydroxylation is 2. The van der Waals surface area contributed by atoms with Gasteiger partial charge < -0.3 is 4.74 Å². The van der Waals surface area contributed by atoms with Gasteiger partial charge in [-0.15, -0.1) is 0 Å². The van der Waals surface area contributed by atoms with Crippen LogP contribution in [0.25, 0.3) is 0 Å². The first kappa shape index (κ1) is 12.2. The third-order valence-electron chi connectivity index (χ3n) is 2.86. The molecule has 0 spiro atoms. The van der Waals surface area contributed by atoms with Crippen molar-refractivity contribution in [2.75, 3.05) is 0 Å². The van der Waals surface area contributed by atoms with Gasteiger partial charge in [0, 0.05) is 0 Å². The third-order valence-corrected chi connectivity index (χ3v) is 2.86. The minimum Gasteiger partial charge on any atom is -0.456 e. The van der Waals surface area contributed by atoms with Crippen LogP contribution in [0.15, 0.2) is 42.5 Å². The van der Waals surface area contributed by atoms with Crippen LogP contribution in [0, 0.1) is 18.3 Å². The molecule has 0 aliphatic rings. The number of hydrogen-bond acceptors (Lipinski definition) is 2. The van der Waals surface area contributed by atoms with Gasteiger partial charge in [0.25, 0.3) is 0 Å². The second-order valence-corrected chi connectivity index (χ2v) is 4.17. The Hall–Kier alpha value is -2.27. The molecule has 0 aliphatic carbocycles. The van der Waals surface area contributed by atoms with Crippen molar-refractivity contribution in [1.82, 2.24) is 0 Å². The summed E-state index contributed by atoms with van der Waals surface area (Å²) in [5, 5.41) is 9.09. The van der Waals surface area contributed by atoms with E-state index in [0.717, 1.165) is 17.7 Å². The van der Waals surface area contributed by atoms with Crippen LogP contribution in [0.5, 0.6) is 11.5 Å². The summed E-state index contributed by atoms with van der Waals surface area (Å²) in [7, 11) is 0. The first-order valence-electron chi connectivity index (χ1n) is 6.01. The van der Waals surface area contributed by atoms with Crippen LogP contribution in [-0.4, -0.2) is 0 Å². The largest absolute Gasteiger partial charge is 0.456 e. The van der Waals surface area contributed by atoms with Crippen molar-refractivity contribution in [2.45, 2.75) is 20.3 Å². The van der Waals surface area contributed by atoms with Crippen molar-refractivity contribution < 1.29 is 4.74 Å². The zero-order valence-electron chi connectivity index (χ0n) is 10.6. The summed E-state index contributed by atoms with van der Waals surface area (Å²) in [5.41, 5.74) is 2.76. The van der Waals surface area contributed by atoms with Crippen molar-refractivity contribution in [3.8, 4) is 17.6 Å². The van der Waals surface area contributed by atoms with E-state index in [2.05, 4.69) is 19.1 Å². The van der Waals surface area contributed by atoms with E-state index < -0.39 is 0 Å². The lowest BCUT2D eigenvalue weighted by atomic mass is 10.1. The quantitative estimate of drug-likeness (QED) is 0.800. The van der Waals surface area contributed by atoms with Gasteiger partial charge in [-0.25, -0.2) is 0 Å². The molecule has 2 aromatic carbocycles. The van der Waals surface area contributed by atoms with Crippen molar-refractivity contribution in [2.24, 2.45) is 0 Å². The zero-order chi connectivity index (χ0) is 13.0. The molecule has 0 aromatic heterocycles. The van der Waals surface area contributed by atoms with E-state index in [9.17, 15) is 0 Å². The molecular weight excluding hydrogens is 222 g/mol.